The third-order valence-electron chi connectivity index (χ3n) is 2.76. The van der Waals surface area contributed by atoms with Crippen LogP contribution < -0.4 is 10.6 Å². The fourth-order valence-corrected chi connectivity index (χ4v) is 2.28. The minimum atomic E-state index is -4.42. The minimum absolute atomic E-state index is 0.0328. The number of aromatic nitrogens is 1. The molecule has 0 aliphatic carbocycles. The van der Waals surface area contributed by atoms with Crippen LogP contribution >= 0.6 is 11.3 Å². The molecular formula is C14H20F3N5OS. The van der Waals surface area contributed by atoms with E-state index >= 15 is 0 Å². The number of nitrogens with one attached hydrogen (secondary N) is 2. The molecule has 0 aliphatic rings. The number of thiazole rings is 1. The molecule has 0 aliphatic heterocycles. The predicted octanol–water partition coefficient (Wildman–Crippen LogP) is 1.51. The van der Waals surface area contributed by atoms with E-state index in [4.69, 9.17) is 0 Å². The quantitative estimate of drug-likeness (QED) is 0.438. The van der Waals surface area contributed by atoms with Crippen LogP contribution in [-0.2, 0) is 17.4 Å². The van der Waals surface area contributed by atoms with E-state index in [2.05, 4.69) is 27.2 Å². The molecule has 0 radical (unpaired) electrons. The van der Waals surface area contributed by atoms with Crippen LogP contribution in [0.25, 0.3) is 0 Å². The Bertz CT molecular complexity index is 583. The average molecular weight is 363 g/mol. The van der Waals surface area contributed by atoms with Gasteiger partial charge in [-0.2, -0.15) is 13.2 Å². The van der Waals surface area contributed by atoms with Crippen LogP contribution in [0.4, 0.5) is 13.2 Å². The molecule has 1 rings (SSSR count). The monoisotopic (exact) mass is 363 g/mol. The SMILES string of the molecule is C=CCNC(=NCC(=O)N(C)C)NCCc1nc(C(F)(F)F)cs1. The summed E-state index contributed by atoms with van der Waals surface area (Å²) in [5.74, 6) is 0.224. The number of rotatable bonds is 7. The summed E-state index contributed by atoms with van der Waals surface area (Å²) in [7, 11) is 3.26. The molecule has 24 heavy (non-hydrogen) atoms. The summed E-state index contributed by atoms with van der Waals surface area (Å²) in [6.07, 6.45) is -2.48. The van der Waals surface area contributed by atoms with Crippen molar-refractivity contribution in [1.82, 2.24) is 20.5 Å². The summed E-state index contributed by atoms with van der Waals surface area (Å²) < 4.78 is 37.5. The number of hydrogen-bond donors (Lipinski definition) is 2. The maximum atomic E-state index is 12.5. The van der Waals surface area contributed by atoms with Crippen LogP contribution in [0.1, 0.15) is 10.7 Å². The third-order valence-corrected chi connectivity index (χ3v) is 3.67. The zero-order valence-corrected chi connectivity index (χ0v) is 14.3. The average Bonchev–Trinajstić information content (AvgIpc) is 2.98. The smallest absolute Gasteiger partial charge is 0.356 e. The van der Waals surface area contributed by atoms with Gasteiger partial charge >= 0.3 is 6.18 Å². The Labute approximate surface area is 142 Å². The van der Waals surface area contributed by atoms with E-state index in [0.29, 0.717) is 30.5 Å². The molecule has 10 heteroatoms. The van der Waals surface area contributed by atoms with Crippen LogP contribution in [0.3, 0.4) is 0 Å². The number of aliphatic imine (C=N–C) groups is 1. The van der Waals surface area contributed by atoms with Gasteiger partial charge in [-0.1, -0.05) is 6.08 Å². The maximum absolute atomic E-state index is 12.5. The van der Waals surface area contributed by atoms with Crippen molar-refractivity contribution in [3.05, 3.63) is 28.7 Å². The molecule has 2 N–H and O–H groups in total. The number of guanidine groups is 1. The zero-order valence-electron chi connectivity index (χ0n) is 13.5. The summed E-state index contributed by atoms with van der Waals surface area (Å²) >= 11 is 0.960. The topological polar surface area (TPSA) is 69.6 Å². The Morgan fingerprint density at radius 1 is 1.46 bits per heavy atom. The van der Waals surface area contributed by atoms with Gasteiger partial charge in [-0.25, -0.2) is 9.98 Å². The number of likely N-dealkylation sites (N-methyl/N-ethyl adjacent to an activating group) is 1. The van der Waals surface area contributed by atoms with Crippen LogP contribution in [0.2, 0.25) is 0 Å². The van der Waals surface area contributed by atoms with Crippen molar-refractivity contribution in [3.63, 3.8) is 0 Å². The van der Waals surface area contributed by atoms with Gasteiger partial charge < -0.3 is 15.5 Å². The first-order chi connectivity index (χ1) is 11.2. The fraction of sp³-hybridized carbons (Fsp3) is 0.500. The van der Waals surface area contributed by atoms with Crippen molar-refractivity contribution in [2.24, 2.45) is 4.99 Å². The molecule has 1 aromatic heterocycles. The summed E-state index contributed by atoms with van der Waals surface area (Å²) in [6, 6.07) is 0. The Morgan fingerprint density at radius 3 is 2.71 bits per heavy atom. The predicted molar refractivity (Wildman–Crippen MR) is 88.0 cm³/mol. The molecule has 1 amide bonds. The number of amides is 1. The highest BCUT2D eigenvalue weighted by Crippen LogP contribution is 2.29. The van der Waals surface area contributed by atoms with E-state index in [0.717, 1.165) is 16.7 Å². The molecule has 0 saturated heterocycles. The van der Waals surface area contributed by atoms with Gasteiger partial charge in [0.2, 0.25) is 5.91 Å². The van der Waals surface area contributed by atoms with E-state index in [9.17, 15) is 18.0 Å². The zero-order chi connectivity index (χ0) is 18.2. The Kier molecular flexibility index (Phi) is 7.69. The van der Waals surface area contributed by atoms with Gasteiger partial charge in [-0.05, 0) is 0 Å². The van der Waals surface area contributed by atoms with Crippen LogP contribution in [0.15, 0.2) is 23.0 Å². The van der Waals surface area contributed by atoms with Crippen molar-refractivity contribution < 1.29 is 18.0 Å². The first-order valence-electron chi connectivity index (χ1n) is 7.09. The second-order valence-corrected chi connectivity index (χ2v) is 5.87. The Morgan fingerprint density at radius 2 is 2.17 bits per heavy atom. The number of halogens is 3. The molecule has 0 unspecified atom stereocenters. The molecule has 1 aromatic rings. The first-order valence-corrected chi connectivity index (χ1v) is 7.97. The van der Waals surface area contributed by atoms with Gasteiger partial charge in [-0.15, -0.1) is 17.9 Å². The number of hydrogen-bond acceptors (Lipinski definition) is 4. The molecule has 134 valence electrons. The maximum Gasteiger partial charge on any atom is 0.434 e. The Hall–Kier alpha value is -2.10. The van der Waals surface area contributed by atoms with Gasteiger partial charge in [0.15, 0.2) is 11.7 Å². The highest BCUT2D eigenvalue weighted by Gasteiger charge is 2.33. The molecule has 0 aromatic carbocycles. The molecule has 0 spiro atoms. The van der Waals surface area contributed by atoms with Crippen molar-refractivity contribution in [2.75, 3.05) is 33.7 Å². The van der Waals surface area contributed by atoms with Crippen LogP contribution in [0, 0.1) is 0 Å². The van der Waals surface area contributed by atoms with E-state index in [1.165, 1.54) is 4.90 Å². The van der Waals surface area contributed by atoms with E-state index in [1.807, 2.05) is 0 Å². The first kappa shape index (κ1) is 19.9. The lowest BCUT2D eigenvalue weighted by Gasteiger charge is -2.12. The molecule has 6 nitrogen and oxygen atoms in total. The molecule has 0 saturated carbocycles. The fourth-order valence-electron chi connectivity index (χ4n) is 1.48. The minimum Gasteiger partial charge on any atom is -0.356 e. The second kappa shape index (κ2) is 9.26. The van der Waals surface area contributed by atoms with Crippen molar-refractivity contribution in [3.8, 4) is 0 Å². The van der Waals surface area contributed by atoms with Crippen LogP contribution in [-0.4, -0.2) is 55.5 Å². The van der Waals surface area contributed by atoms with Crippen LogP contribution in [0.5, 0.6) is 0 Å². The summed E-state index contributed by atoms with van der Waals surface area (Å²) in [4.78, 5) is 20.6. The molecule has 0 atom stereocenters. The normalized spacial score (nSPS) is 12.0. The lowest BCUT2D eigenvalue weighted by molar-refractivity contribution is -0.140. The number of nitrogens with zero attached hydrogens (tertiary/aromatic N) is 3. The highest BCUT2D eigenvalue weighted by molar-refractivity contribution is 7.09. The summed E-state index contributed by atoms with van der Waals surface area (Å²) in [5.41, 5.74) is -0.877. The van der Waals surface area contributed by atoms with Crippen molar-refractivity contribution in [1.29, 1.82) is 0 Å². The number of carbonyl (C=O) groups excluding carboxylic acids is 1. The number of carbonyl (C=O) groups is 1. The molecular weight excluding hydrogens is 343 g/mol. The van der Waals surface area contributed by atoms with Gasteiger partial charge in [0.1, 0.15) is 6.54 Å². The van der Waals surface area contributed by atoms with E-state index in [-0.39, 0.29) is 12.5 Å². The molecule has 0 bridgehead atoms. The van der Waals surface area contributed by atoms with Gasteiger partial charge in [0, 0.05) is 39.0 Å². The Balaban J connectivity index is 2.55. The standard InChI is InChI=1S/C14H20F3N5OS/c1-4-6-18-13(20-8-12(23)22(2)3)19-7-5-11-21-10(9-24-11)14(15,16)17/h4,9H,1,5-8H2,2-3H3,(H2,18,19,20). The largest absolute Gasteiger partial charge is 0.434 e. The lowest BCUT2D eigenvalue weighted by atomic mass is 10.4. The van der Waals surface area contributed by atoms with Crippen molar-refractivity contribution >= 4 is 23.2 Å². The third kappa shape index (κ3) is 6.99. The lowest BCUT2D eigenvalue weighted by Crippen LogP contribution is -2.39. The summed E-state index contributed by atoms with van der Waals surface area (Å²) in [6.45, 7) is 4.32. The van der Waals surface area contributed by atoms with Gasteiger partial charge in [-0.3, -0.25) is 4.79 Å². The van der Waals surface area contributed by atoms with Gasteiger partial charge in [0.05, 0.1) is 5.01 Å². The number of alkyl halides is 3. The van der Waals surface area contributed by atoms with E-state index < -0.39 is 11.9 Å². The van der Waals surface area contributed by atoms with Crippen molar-refractivity contribution in [2.45, 2.75) is 12.6 Å². The van der Waals surface area contributed by atoms with Gasteiger partial charge in [0.25, 0.3) is 0 Å². The van der Waals surface area contributed by atoms with E-state index in [1.54, 1.807) is 20.2 Å². The molecule has 1 heterocycles. The molecule has 0 fully saturated rings. The second-order valence-electron chi connectivity index (χ2n) is 4.92. The highest BCUT2D eigenvalue weighted by atomic mass is 32.1. The summed E-state index contributed by atoms with van der Waals surface area (Å²) in [5, 5.41) is 7.26.